The summed E-state index contributed by atoms with van der Waals surface area (Å²) in [4.78, 5) is 36.0. The molecule has 0 radical (unpaired) electrons. The summed E-state index contributed by atoms with van der Waals surface area (Å²) in [6, 6.07) is 11.6. The van der Waals surface area contributed by atoms with E-state index in [1.165, 1.54) is 13.2 Å². The van der Waals surface area contributed by atoms with Crippen LogP contribution in [0.25, 0.3) is 5.70 Å². The Bertz CT molecular complexity index is 1630. The molecule has 1 fully saturated rings. The summed E-state index contributed by atoms with van der Waals surface area (Å²) in [6.45, 7) is 18.6. The van der Waals surface area contributed by atoms with Gasteiger partial charge in [-0.15, -0.1) is 4.99 Å². The molecule has 1 N–H and O–H groups in total. The number of alkyl halides is 3. The van der Waals surface area contributed by atoms with Crippen LogP contribution in [0.15, 0.2) is 58.5 Å². The van der Waals surface area contributed by atoms with Crippen LogP contribution in [0.3, 0.4) is 0 Å². The zero-order valence-corrected chi connectivity index (χ0v) is 31.7. The molecule has 12 heteroatoms. The normalized spacial score (nSPS) is 16.6. The number of aryl methyl sites for hydroxylation is 2. The van der Waals surface area contributed by atoms with Crippen LogP contribution in [0.4, 0.5) is 22.8 Å². The van der Waals surface area contributed by atoms with E-state index in [1.54, 1.807) is 65.5 Å². The van der Waals surface area contributed by atoms with Crippen LogP contribution in [0.1, 0.15) is 110 Å². The van der Waals surface area contributed by atoms with E-state index >= 15 is 0 Å². The molecule has 0 aromatic heterocycles. The highest BCUT2D eigenvalue weighted by atomic mass is 19.4. The van der Waals surface area contributed by atoms with E-state index < -0.39 is 41.2 Å². The summed E-state index contributed by atoms with van der Waals surface area (Å²) in [7, 11) is 1.41. The molecule has 9 nitrogen and oxygen atoms in total. The van der Waals surface area contributed by atoms with Crippen molar-refractivity contribution in [1.82, 2.24) is 10.2 Å². The molecule has 1 aliphatic heterocycles. The number of methoxy groups -OCH3 is 1. The summed E-state index contributed by atoms with van der Waals surface area (Å²) >= 11 is 0. The zero-order valence-electron chi connectivity index (χ0n) is 31.7. The lowest BCUT2D eigenvalue weighted by molar-refractivity contribution is -0.138. The quantitative estimate of drug-likeness (QED) is 0.236. The number of carbonyl (C=O) groups excluding carboxylic acids is 2. The number of nitrogens with zero attached hydrogens (tertiary/aromatic N) is 3. The first-order valence-corrected chi connectivity index (χ1v) is 17.2. The Labute approximate surface area is 300 Å². The number of allylic oxidation sites excluding steroid dienone is 1. The van der Waals surface area contributed by atoms with Crippen LogP contribution in [0, 0.1) is 0 Å². The number of hydrogen-bond acceptors (Lipinski definition) is 6. The Kier molecular flexibility index (Phi) is 13.2. The van der Waals surface area contributed by atoms with Gasteiger partial charge in [0, 0.05) is 12.1 Å². The highest BCUT2D eigenvalue weighted by Gasteiger charge is 2.36. The molecule has 51 heavy (non-hydrogen) atoms. The number of carbonyl (C=O) groups is 2. The van der Waals surface area contributed by atoms with E-state index in [0.717, 1.165) is 17.2 Å². The number of likely N-dealkylation sites (tertiary alicyclic amines) is 1. The van der Waals surface area contributed by atoms with E-state index in [-0.39, 0.29) is 40.5 Å². The van der Waals surface area contributed by atoms with Crippen molar-refractivity contribution in [3.05, 3.63) is 76.4 Å². The topological polar surface area (TPSA) is 102 Å². The minimum atomic E-state index is -4.59. The van der Waals surface area contributed by atoms with E-state index in [4.69, 9.17) is 14.2 Å². The predicted octanol–water partition coefficient (Wildman–Crippen LogP) is 9.47. The highest BCUT2D eigenvalue weighted by molar-refractivity contribution is 6.01. The van der Waals surface area contributed by atoms with Crippen LogP contribution in [-0.2, 0) is 38.6 Å². The van der Waals surface area contributed by atoms with E-state index in [1.807, 2.05) is 24.3 Å². The van der Waals surface area contributed by atoms with Gasteiger partial charge in [-0.3, -0.25) is 5.32 Å². The first-order valence-electron chi connectivity index (χ1n) is 17.2. The van der Waals surface area contributed by atoms with Gasteiger partial charge in [-0.25, -0.2) is 14.6 Å². The Hall–Kier alpha value is -4.35. The number of nitrogens with one attached hydrogen (secondary N) is 1. The molecule has 1 aliphatic rings. The Morgan fingerprint density at radius 3 is 2.06 bits per heavy atom. The lowest BCUT2D eigenvalue weighted by Gasteiger charge is -2.29. The maximum atomic E-state index is 14.5. The summed E-state index contributed by atoms with van der Waals surface area (Å²) in [5, 5.41) is 2.57. The predicted molar refractivity (Wildman–Crippen MR) is 195 cm³/mol. The first kappa shape index (κ1) is 41.1. The van der Waals surface area contributed by atoms with Gasteiger partial charge in [-0.2, -0.15) is 13.2 Å². The van der Waals surface area contributed by atoms with Crippen LogP contribution < -0.4 is 5.32 Å². The third kappa shape index (κ3) is 12.4. The van der Waals surface area contributed by atoms with Gasteiger partial charge in [-0.1, -0.05) is 63.2 Å². The molecule has 2 aromatic carbocycles. The van der Waals surface area contributed by atoms with Crippen molar-refractivity contribution in [3.63, 3.8) is 0 Å². The van der Waals surface area contributed by atoms with Crippen molar-refractivity contribution in [2.24, 2.45) is 9.98 Å². The van der Waals surface area contributed by atoms with Gasteiger partial charge in [0.15, 0.2) is 0 Å². The molecule has 2 amide bonds. The molecule has 1 unspecified atom stereocenters. The van der Waals surface area contributed by atoms with E-state index in [9.17, 15) is 22.8 Å². The van der Waals surface area contributed by atoms with Gasteiger partial charge >= 0.3 is 18.4 Å². The van der Waals surface area contributed by atoms with Gasteiger partial charge in [0.05, 0.1) is 18.4 Å². The fourth-order valence-electron chi connectivity index (χ4n) is 5.55. The Balaban J connectivity index is 1.95. The van der Waals surface area contributed by atoms with Gasteiger partial charge in [0.1, 0.15) is 17.2 Å². The van der Waals surface area contributed by atoms with Crippen LogP contribution in [-0.4, -0.2) is 59.8 Å². The van der Waals surface area contributed by atoms with Crippen molar-refractivity contribution >= 4 is 29.7 Å². The minimum absolute atomic E-state index is 0.0174. The largest absolute Gasteiger partial charge is 0.483 e. The second kappa shape index (κ2) is 16.3. The molecule has 1 saturated heterocycles. The Morgan fingerprint density at radius 2 is 1.53 bits per heavy atom. The highest BCUT2D eigenvalue weighted by Crippen LogP contribution is 2.35. The van der Waals surface area contributed by atoms with Crippen LogP contribution in [0.2, 0.25) is 0 Å². The molecular formula is C39H53F3N4O5. The van der Waals surface area contributed by atoms with Crippen LogP contribution in [0.5, 0.6) is 0 Å². The van der Waals surface area contributed by atoms with Gasteiger partial charge in [-0.05, 0) is 102 Å². The summed E-state index contributed by atoms with van der Waals surface area (Å²) in [6.07, 6.45) is -2.95. The standard InChI is InChI=1S/C39H53F3N4O5/c1-12-30(27-20-19-26(29(24-27)39(40,41)42)18-15-25-16-21-28(22-17-25)36(2,3)4)43-32(49-11)31-14-13-23-46(31)33(44-34(47)50-37(5,6)7)45-35(48)51-38(8,9)10/h12,16-17,19-22,24,31H,13-15,18,23H2,1-11H3,(H,44,45,47,48)/b30-12-,43-32?. The summed E-state index contributed by atoms with van der Waals surface area (Å²) in [5.74, 6) is 0.0457. The summed E-state index contributed by atoms with van der Waals surface area (Å²) < 4.78 is 59.8. The number of rotatable bonds is 6. The SMILES string of the molecule is C/C=C(\N=C(OC)C1CCCN1C(=NC(=O)OC(C)(C)C)NC(=O)OC(C)(C)C)c1ccc(CCc2ccc(C(C)(C)C)cc2)c(C(F)(F)F)c1. The fourth-order valence-corrected chi connectivity index (χ4v) is 5.55. The van der Waals surface area contributed by atoms with Gasteiger partial charge in [0.25, 0.3) is 0 Å². The third-order valence-corrected chi connectivity index (χ3v) is 7.94. The van der Waals surface area contributed by atoms with Crippen LogP contribution >= 0.6 is 0 Å². The maximum absolute atomic E-state index is 14.5. The molecule has 2 aromatic rings. The van der Waals surface area contributed by atoms with Gasteiger partial charge < -0.3 is 19.1 Å². The van der Waals surface area contributed by atoms with Crippen molar-refractivity contribution in [3.8, 4) is 0 Å². The maximum Gasteiger partial charge on any atom is 0.437 e. The number of aliphatic imine (C=N–C) groups is 2. The van der Waals surface area contributed by atoms with E-state index in [0.29, 0.717) is 25.8 Å². The van der Waals surface area contributed by atoms with Crippen molar-refractivity contribution in [1.29, 1.82) is 0 Å². The molecule has 0 bridgehead atoms. The van der Waals surface area contributed by atoms with E-state index in [2.05, 4.69) is 36.1 Å². The van der Waals surface area contributed by atoms with Gasteiger partial charge in [0.2, 0.25) is 11.9 Å². The first-order chi connectivity index (χ1) is 23.5. The van der Waals surface area contributed by atoms with Crippen molar-refractivity contribution in [2.45, 2.75) is 124 Å². The van der Waals surface area contributed by atoms with Crippen molar-refractivity contribution < 1.29 is 37.0 Å². The number of alkyl carbamates (subject to hydrolysis) is 1. The molecule has 3 rings (SSSR count). The zero-order chi connectivity index (χ0) is 38.4. The Morgan fingerprint density at radius 1 is 0.902 bits per heavy atom. The number of guanidine groups is 1. The number of benzene rings is 2. The average molecular weight is 715 g/mol. The molecule has 0 saturated carbocycles. The molecule has 0 spiro atoms. The smallest absolute Gasteiger partial charge is 0.437 e. The number of amides is 2. The summed E-state index contributed by atoms with van der Waals surface area (Å²) in [5.41, 5.74) is 0.422. The molecule has 1 atom stereocenters. The third-order valence-electron chi connectivity index (χ3n) is 7.94. The fraction of sp³-hybridized carbons (Fsp3) is 0.538. The second-order valence-electron chi connectivity index (χ2n) is 15.5. The number of ether oxygens (including phenoxy) is 3. The molecule has 1 heterocycles. The average Bonchev–Trinajstić information content (AvgIpc) is 3.48. The molecule has 0 aliphatic carbocycles. The second-order valence-corrected chi connectivity index (χ2v) is 15.5. The number of halogens is 3. The lowest BCUT2D eigenvalue weighted by atomic mass is 9.86. The van der Waals surface area contributed by atoms with Crippen molar-refractivity contribution in [2.75, 3.05) is 13.7 Å². The lowest BCUT2D eigenvalue weighted by Crippen LogP contribution is -2.50. The minimum Gasteiger partial charge on any atom is -0.483 e. The monoisotopic (exact) mass is 714 g/mol. The number of hydrogen-bond donors (Lipinski definition) is 1. The molecular weight excluding hydrogens is 661 g/mol. The molecule has 280 valence electrons.